The molecule has 0 bridgehead atoms. The van der Waals surface area contributed by atoms with E-state index >= 15 is 0 Å². The van der Waals surface area contributed by atoms with Crippen LogP contribution in [0.5, 0.6) is 0 Å². The monoisotopic (exact) mass is 734 g/mol. The Labute approximate surface area is 315 Å². The second kappa shape index (κ2) is 19.4. The van der Waals surface area contributed by atoms with Crippen LogP contribution in [-0.2, 0) is 14.2 Å². The van der Waals surface area contributed by atoms with Crippen LogP contribution in [0.15, 0.2) is 97.1 Å². The minimum Gasteiger partial charge on any atom is -0.478 e. The molecule has 1 heterocycles. The number of aromatic nitrogens is 2. The summed E-state index contributed by atoms with van der Waals surface area (Å²) in [6, 6.07) is 29.0. The Morgan fingerprint density at radius 2 is 0.796 bits per heavy atom. The van der Waals surface area contributed by atoms with Crippen molar-refractivity contribution in [1.82, 2.24) is 9.97 Å². The number of hydrogen-bond acceptors (Lipinski definition) is 10. The highest BCUT2D eigenvalue weighted by molar-refractivity contribution is 5.91. The number of aromatic carboxylic acids is 2. The number of rotatable bonds is 20. The molecule has 0 aliphatic rings. The molecule has 0 atom stereocenters. The summed E-state index contributed by atoms with van der Waals surface area (Å²) >= 11 is 0. The van der Waals surface area contributed by atoms with Crippen LogP contribution >= 0.6 is 0 Å². The molecule has 12 nitrogen and oxygen atoms in total. The molecule has 5 rings (SSSR count). The van der Waals surface area contributed by atoms with Gasteiger partial charge in [-0.05, 0) is 55.0 Å². The zero-order valence-electron chi connectivity index (χ0n) is 30.8. The highest BCUT2D eigenvalue weighted by Gasteiger charge is 2.21. The Hall–Kier alpha value is -5.66. The van der Waals surface area contributed by atoms with Gasteiger partial charge in [-0.2, -0.15) is 0 Å². The van der Waals surface area contributed by atoms with Gasteiger partial charge in [0, 0.05) is 87.7 Å². The maximum absolute atomic E-state index is 11.7. The molecule has 0 spiro atoms. The summed E-state index contributed by atoms with van der Waals surface area (Å²) in [5.74, 6) is -2.07. The minimum absolute atomic E-state index is 0.0758. The van der Waals surface area contributed by atoms with Gasteiger partial charge in [-0.1, -0.05) is 48.5 Å². The van der Waals surface area contributed by atoms with Crippen molar-refractivity contribution in [2.24, 2.45) is 0 Å². The fourth-order valence-electron chi connectivity index (χ4n) is 6.05. The molecule has 12 heteroatoms. The Balaban J connectivity index is 1.69. The molecule has 0 fully saturated rings. The zero-order chi connectivity index (χ0) is 38.5. The fraction of sp³-hybridized carbons (Fsp3) is 0.286. The number of anilines is 2. The molecule has 4 aromatic carbocycles. The third-order valence-corrected chi connectivity index (χ3v) is 9.00. The van der Waals surface area contributed by atoms with Gasteiger partial charge >= 0.3 is 11.9 Å². The molecule has 0 aliphatic heterocycles. The van der Waals surface area contributed by atoms with Gasteiger partial charge in [0.1, 0.15) is 0 Å². The van der Waals surface area contributed by atoms with Crippen molar-refractivity contribution in [2.45, 2.75) is 6.42 Å². The molecule has 0 saturated carbocycles. The molecule has 0 saturated heterocycles. The molecule has 0 radical (unpaired) electrons. The number of methoxy groups -OCH3 is 3. The van der Waals surface area contributed by atoms with Gasteiger partial charge in [0.15, 0.2) is 0 Å². The highest BCUT2D eigenvalue weighted by Crippen LogP contribution is 2.38. The van der Waals surface area contributed by atoms with Crippen molar-refractivity contribution in [3.05, 3.63) is 108 Å². The molecular weight excluding hydrogens is 688 g/mol. The predicted octanol–water partition coefficient (Wildman–Crippen LogP) is 6.48. The fourth-order valence-corrected chi connectivity index (χ4v) is 6.05. The van der Waals surface area contributed by atoms with E-state index < -0.39 is 11.9 Å². The average Bonchev–Trinajstić information content (AvgIpc) is 3.21. The lowest BCUT2D eigenvalue weighted by atomic mass is 9.98. The largest absolute Gasteiger partial charge is 0.478 e. The van der Waals surface area contributed by atoms with Gasteiger partial charge in [0.05, 0.1) is 53.7 Å². The third kappa shape index (κ3) is 9.85. The molecule has 0 amide bonds. The maximum Gasteiger partial charge on any atom is 0.335 e. The van der Waals surface area contributed by atoms with Crippen LogP contribution in [-0.4, -0.2) is 111 Å². The lowest BCUT2D eigenvalue weighted by Gasteiger charge is -2.25. The topological polar surface area (TPSA) is 155 Å². The van der Waals surface area contributed by atoms with Gasteiger partial charge in [-0.15, -0.1) is 0 Å². The van der Waals surface area contributed by atoms with Gasteiger partial charge in [-0.3, -0.25) is 0 Å². The van der Waals surface area contributed by atoms with Crippen molar-refractivity contribution >= 4 is 23.3 Å². The Bertz CT molecular complexity index is 1810. The summed E-state index contributed by atoms with van der Waals surface area (Å²) in [5.41, 5.74) is 7.35. The summed E-state index contributed by atoms with van der Waals surface area (Å²) < 4.78 is 16.0. The zero-order valence-corrected chi connectivity index (χ0v) is 30.8. The van der Waals surface area contributed by atoms with Crippen LogP contribution in [0.4, 0.5) is 11.4 Å². The highest BCUT2D eigenvalue weighted by atomic mass is 16.5. The van der Waals surface area contributed by atoms with E-state index in [-0.39, 0.29) is 17.7 Å². The van der Waals surface area contributed by atoms with E-state index in [1.807, 2.05) is 48.5 Å². The Morgan fingerprint density at radius 3 is 1.07 bits per heavy atom. The third-order valence-electron chi connectivity index (χ3n) is 9.00. The second-order valence-corrected chi connectivity index (χ2v) is 12.5. The van der Waals surface area contributed by atoms with Crippen molar-refractivity contribution < 1.29 is 39.1 Å². The summed E-state index contributed by atoms with van der Waals surface area (Å²) in [6.07, 6.45) is 0.609. The molecule has 0 aliphatic carbocycles. The molecule has 1 aromatic heterocycles. The first-order valence-corrected chi connectivity index (χ1v) is 17.7. The van der Waals surface area contributed by atoms with Crippen LogP contribution < -0.4 is 9.80 Å². The first-order valence-electron chi connectivity index (χ1n) is 17.7. The van der Waals surface area contributed by atoms with Crippen LogP contribution in [0.1, 0.15) is 27.1 Å². The molecule has 5 aromatic rings. The number of carbonyl (C=O) groups is 2. The average molecular weight is 735 g/mol. The first-order chi connectivity index (χ1) is 26.3. The standard InChI is InChI=1S/C42H46N4O8/c1-52-26-22-45(21-4-25-47)35-17-13-31(14-18-35)39-37(29-5-9-33(10-6-29)41(48)49)44-40(38(43-39)30-7-11-34(12-8-30)42(50)51)32-15-19-36(20-16-32)46(23-27-53-2)24-28-54-3/h5-20,47H,4,21-28H2,1-3H3,(H,48,49)(H,50,51). The number of carboxylic acid groups (broad SMARTS) is 2. The van der Waals surface area contributed by atoms with E-state index in [1.165, 1.54) is 0 Å². The smallest absolute Gasteiger partial charge is 0.335 e. The minimum atomic E-state index is -1.03. The molecular formula is C42H46N4O8. The summed E-state index contributed by atoms with van der Waals surface area (Å²) in [4.78, 5) is 38.4. The number of carboxylic acids is 2. The Kier molecular flexibility index (Phi) is 14.2. The quantitative estimate of drug-likeness (QED) is 0.0802. The lowest BCUT2D eigenvalue weighted by molar-refractivity contribution is 0.0686. The predicted molar refractivity (Wildman–Crippen MR) is 209 cm³/mol. The maximum atomic E-state index is 11.7. The van der Waals surface area contributed by atoms with E-state index in [4.69, 9.17) is 24.2 Å². The van der Waals surface area contributed by atoms with Crippen molar-refractivity contribution in [3.8, 4) is 45.0 Å². The van der Waals surface area contributed by atoms with Crippen molar-refractivity contribution in [2.75, 3.05) is 83.7 Å². The van der Waals surface area contributed by atoms with Crippen molar-refractivity contribution in [1.29, 1.82) is 0 Å². The van der Waals surface area contributed by atoms with Crippen LogP contribution in [0.2, 0.25) is 0 Å². The summed E-state index contributed by atoms with van der Waals surface area (Å²) in [6.45, 7) is 4.36. The van der Waals surface area contributed by atoms with Crippen molar-refractivity contribution in [3.63, 3.8) is 0 Å². The van der Waals surface area contributed by atoms with Crippen LogP contribution in [0.3, 0.4) is 0 Å². The summed E-state index contributed by atoms with van der Waals surface area (Å²) in [7, 11) is 4.99. The molecule has 0 unspecified atom stereocenters. The van der Waals surface area contributed by atoms with E-state index in [2.05, 4.69) is 9.80 Å². The van der Waals surface area contributed by atoms with Gasteiger partial charge in [0.2, 0.25) is 0 Å². The summed E-state index contributed by atoms with van der Waals surface area (Å²) in [5, 5.41) is 28.7. The SMILES string of the molecule is COCCN(CCCO)c1ccc(-c2nc(-c3ccc(C(=O)O)cc3)c(-c3ccc(N(CCOC)CCOC)cc3)nc2-c2ccc(C(=O)O)cc2)cc1. The van der Waals surface area contributed by atoms with E-state index in [0.29, 0.717) is 86.3 Å². The second-order valence-electron chi connectivity index (χ2n) is 12.5. The molecule has 3 N–H and O–H groups in total. The van der Waals surface area contributed by atoms with Crippen LogP contribution in [0, 0.1) is 0 Å². The number of benzene rings is 4. The number of aliphatic hydroxyl groups is 1. The number of ether oxygens (including phenoxy) is 3. The molecule has 282 valence electrons. The van der Waals surface area contributed by atoms with Gasteiger partial charge in [-0.25, -0.2) is 19.6 Å². The molecule has 54 heavy (non-hydrogen) atoms. The number of aliphatic hydroxyl groups excluding tert-OH is 1. The van der Waals surface area contributed by atoms with E-state index in [9.17, 15) is 24.9 Å². The Morgan fingerprint density at radius 1 is 0.500 bits per heavy atom. The lowest BCUT2D eigenvalue weighted by Crippen LogP contribution is -2.30. The first kappa shape index (κ1) is 39.5. The van der Waals surface area contributed by atoms with Gasteiger partial charge < -0.3 is 39.3 Å². The van der Waals surface area contributed by atoms with Crippen LogP contribution in [0.25, 0.3) is 45.0 Å². The number of nitrogens with zero attached hydrogens (tertiary/aromatic N) is 4. The van der Waals surface area contributed by atoms with E-state index in [1.54, 1.807) is 69.9 Å². The number of hydrogen-bond donors (Lipinski definition) is 3. The van der Waals surface area contributed by atoms with Gasteiger partial charge in [0.25, 0.3) is 0 Å². The van der Waals surface area contributed by atoms with E-state index in [0.717, 1.165) is 22.5 Å². The normalized spacial score (nSPS) is 11.0.